The number of rotatable bonds is 3. The van der Waals surface area contributed by atoms with Gasteiger partial charge in [0.1, 0.15) is 5.60 Å². The van der Waals surface area contributed by atoms with Gasteiger partial charge in [-0.3, -0.25) is 4.79 Å². The zero-order valence-corrected chi connectivity index (χ0v) is 10.1. The summed E-state index contributed by atoms with van der Waals surface area (Å²) in [5, 5.41) is 13.0. The number of thiazole rings is 1. The molecule has 1 aliphatic rings. The zero-order chi connectivity index (χ0) is 11.4. The second kappa shape index (κ2) is 5.06. The van der Waals surface area contributed by atoms with Crippen molar-refractivity contribution in [3.05, 3.63) is 16.6 Å². The Morgan fingerprint density at radius 2 is 2.06 bits per heavy atom. The van der Waals surface area contributed by atoms with Crippen molar-refractivity contribution in [3.8, 4) is 0 Å². The number of ketones is 1. The van der Waals surface area contributed by atoms with E-state index in [0.29, 0.717) is 12.8 Å². The lowest BCUT2D eigenvalue weighted by molar-refractivity contribution is -0.138. The molecule has 1 aromatic heterocycles. The van der Waals surface area contributed by atoms with Crippen LogP contribution in [-0.2, 0) is 11.2 Å². The molecule has 88 valence electrons. The van der Waals surface area contributed by atoms with Gasteiger partial charge in [-0.2, -0.15) is 0 Å². The SMILES string of the molecule is O=C(Cc1nccs1)C1(O)CCCCCC1. The first-order chi connectivity index (χ1) is 7.71. The standard InChI is InChI=1S/C12H17NO2S/c14-10(9-11-13-7-8-16-11)12(15)5-3-1-2-4-6-12/h7-8,15H,1-6,9H2. The zero-order valence-electron chi connectivity index (χ0n) is 9.32. The van der Waals surface area contributed by atoms with Crippen LogP contribution in [0.15, 0.2) is 11.6 Å². The maximum atomic E-state index is 12.1. The fraction of sp³-hybridized carbons (Fsp3) is 0.667. The average molecular weight is 239 g/mol. The summed E-state index contributed by atoms with van der Waals surface area (Å²) < 4.78 is 0. The minimum absolute atomic E-state index is 0.0515. The molecule has 1 N–H and O–H groups in total. The first-order valence-corrected chi connectivity index (χ1v) is 6.73. The molecule has 0 aliphatic heterocycles. The van der Waals surface area contributed by atoms with Gasteiger partial charge in [0.2, 0.25) is 0 Å². The minimum atomic E-state index is -1.08. The van der Waals surface area contributed by atoms with Gasteiger partial charge in [-0.15, -0.1) is 11.3 Å². The largest absolute Gasteiger partial charge is 0.382 e. The molecule has 0 atom stereocenters. The summed E-state index contributed by atoms with van der Waals surface area (Å²) in [6.45, 7) is 0. The van der Waals surface area contributed by atoms with Crippen molar-refractivity contribution in [2.75, 3.05) is 0 Å². The van der Waals surface area contributed by atoms with Crippen LogP contribution < -0.4 is 0 Å². The van der Waals surface area contributed by atoms with Gasteiger partial charge in [-0.1, -0.05) is 25.7 Å². The van der Waals surface area contributed by atoms with Crippen molar-refractivity contribution < 1.29 is 9.90 Å². The van der Waals surface area contributed by atoms with E-state index in [2.05, 4.69) is 4.98 Å². The highest BCUT2D eigenvalue weighted by molar-refractivity contribution is 7.09. The van der Waals surface area contributed by atoms with Gasteiger partial charge >= 0.3 is 0 Å². The Labute approximate surface area is 99.5 Å². The second-order valence-corrected chi connectivity index (χ2v) is 5.45. The van der Waals surface area contributed by atoms with Crippen molar-refractivity contribution in [3.63, 3.8) is 0 Å². The molecule has 3 nitrogen and oxygen atoms in total. The lowest BCUT2D eigenvalue weighted by Gasteiger charge is -2.24. The van der Waals surface area contributed by atoms with Gasteiger partial charge in [-0.25, -0.2) is 4.98 Å². The molecule has 0 amide bonds. The van der Waals surface area contributed by atoms with Crippen molar-refractivity contribution in [2.24, 2.45) is 0 Å². The first-order valence-electron chi connectivity index (χ1n) is 5.85. The van der Waals surface area contributed by atoms with Crippen molar-refractivity contribution in [2.45, 2.75) is 50.5 Å². The van der Waals surface area contributed by atoms with Gasteiger partial charge in [0.15, 0.2) is 5.78 Å². The molecule has 1 aliphatic carbocycles. The number of carbonyl (C=O) groups excluding carboxylic acids is 1. The molecule has 0 bridgehead atoms. The summed E-state index contributed by atoms with van der Waals surface area (Å²) in [5.74, 6) is -0.0515. The van der Waals surface area contributed by atoms with E-state index in [1.54, 1.807) is 6.20 Å². The average Bonchev–Trinajstić information content (AvgIpc) is 2.66. The van der Waals surface area contributed by atoms with Crippen LogP contribution in [0.2, 0.25) is 0 Å². The second-order valence-electron chi connectivity index (χ2n) is 4.47. The minimum Gasteiger partial charge on any atom is -0.382 e. The van der Waals surface area contributed by atoms with Crippen LogP contribution >= 0.6 is 11.3 Å². The van der Waals surface area contributed by atoms with E-state index in [9.17, 15) is 9.90 Å². The number of aromatic nitrogens is 1. The summed E-state index contributed by atoms with van der Waals surface area (Å²) in [4.78, 5) is 16.1. The fourth-order valence-electron chi connectivity index (χ4n) is 2.23. The van der Waals surface area contributed by atoms with E-state index in [4.69, 9.17) is 0 Å². The van der Waals surface area contributed by atoms with E-state index in [1.807, 2.05) is 5.38 Å². The maximum absolute atomic E-state index is 12.1. The Bertz CT molecular complexity index is 340. The molecule has 0 aromatic carbocycles. The monoisotopic (exact) mass is 239 g/mol. The van der Waals surface area contributed by atoms with E-state index >= 15 is 0 Å². The Balaban J connectivity index is 2.01. The van der Waals surface area contributed by atoms with Crippen LogP contribution in [0, 0.1) is 0 Å². The highest BCUT2D eigenvalue weighted by Crippen LogP contribution is 2.29. The van der Waals surface area contributed by atoms with E-state index in [-0.39, 0.29) is 12.2 Å². The van der Waals surface area contributed by atoms with Crippen LogP contribution in [0.25, 0.3) is 0 Å². The molecule has 1 aromatic rings. The summed E-state index contributed by atoms with van der Waals surface area (Å²) in [7, 11) is 0. The predicted molar refractivity (Wildman–Crippen MR) is 63.5 cm³/mol. The Morgan fingerprint density at radius 1 is 1.38 bits per heavy atom. The maximum Gasteiger partial charge on any atom is 0.171 e. The number of hydrogen-bond donors (Lipinski definition) is 1. The molecule has 0 radical (unpaired) electrons. The fourth-order valence-corrected chi connectivity index (χ4v) is 2.85. The highest BCUT2D eigenvalue weighted by atomic mass is 32.1. The number of carbonyl (C=O) groups is 1. The van der Waals surface area contributed by atoms with Crippen LogP contribution in [0.4, 0.5) is 0 Å². The molecule has 1 saturated carbocycles. The Hall–Kier alpha value is -0.740. The Morgan fingerprint density at radius 3 is 2.62 bits per heavy atom. The normalized spacial score (nSPS) is 20.3. The summed E-state index contributed by atoms with van der Waals surface area (Å²) in [6, 6.07) is 0. The molecule has 16 heavy (non-hydrogen) atoms. The van der Waals surface area contributed by atoms with Crippen LogP contribution in [0.3, 0.4) is 0 Å². The summed E-state index contributed by atoms with van der Waals surface area (Å²) in [5.41, 5.74) is -1.08. The molecular formula is C12H17NO2S. The quantitative estimate of drug-likeness (QED) is 0.824. The number of nitrogens with zero attached hydrogens (tertiary/aromatic N) is 1. The van der Waals surface area contributed by atoms with Gasteiger partial charge in [0.25, 0.3) is 0 Å². The molecule has 1 fully saturated rings. The molecule has 0 unspecified atom stereocenters. The van der Waals surface area contributed by atoms with Gasteiger partial charge < -0.3 is 5.11 Å². The Kier molecular flexibility index (Phi) is 3.71. The van der Waals surface area contributed by atoms with Gasteiger partial charge in [0.05, 0.1) is 11.4 Å². The van der Waals surface area contributed by atoms with Crippen molar-refractivity contribution in [1.29, 1.82) is 0 Å². The molecule has 2 rings (SSSR count). The van der Waals surface area contributed by atoms with Gasteiger partial charge in [0, 0.05) is 11.6 Å². The summed E-state index contributed by atoms with van der Waals surface area (Å²) in [6.07, 6.45) is 7.41. The molecule has 0 spiro atoms. The third-order valence-electron chi connectivity index (χ3n) is 3.24. The molecule has 1 heterocycles. The van der Waals surface area contributed by atoms with Gasteiger partial charge in [-0.05, 0) is 12.8 Å². The van der Waals surface area contributed by atoms with Crippen molar-refractivity contribution in [1.82, 2.24) is 4.98 Å². The summed E-state index contributed by atoms with van der Waals surface area (Å²) >= 11 is 1.48. The van der Waals surface area contributed by atoms with Crippen molar-refractivity contribution >= 4 is 17.1 Å². The third-order valence-corrected chi connectivity index (χ3v) is 4.02. The third kappa shape index (κ3) is 2.68. The lowest BCUT2D eigenvalue weighted by Crippen LogP contribution is -2.39. The number of hydrogen-bond acceptors (Lipinski definition) is 4. The van der Waals surface area contributed by atoms with Crippen LogP contribution in [0.1, 0.15) is 43.5 Å². The van der Waals surface area contributed by atoms with E-state index < -0.39 is 5.60 Å². The van der Waals surface area contributed by atoms with E-state index in [0.717, 1.165) is 30.7 Å². The number of aliphatic hydroxyl groups is 1. The molecule has 0 saturated heterocycles. The smallest absolute Gasteiger partial charge is 0.171 e. The van der Waals surface area contributed by atoms with E-state index in [1.165, 1.54) is 11.3 Å². The van der Waals surface area contributed by atoms with Crippen LogP contribution in [0.5, 0.6) is 0 Å². The lowest BCUT2D eigenvalue weighted by atomic mass is 9.88. The predicted octanol–water partition coefficient (Wildman–Crippen LogP) is 2.34. The highest BCUT2D eigenvalue weighted by Gasteiger charge is 2.35. The number of Topliss-reactive ketones (excluding diaryl/α,β-unsaturated/α-hetero) is 1. The van der Waals surface area contributed by atoms with Crippen LogP contribution in [-0.4, -0.2) is 21.5 Å². The first kappa shape index (κ1) is 11.7. The molecule has 4 heteroatoms. The molecular weight excluding hydrogens is 222 g/mol. The topological polar surface area (TPSA) is 50.2 Å².